The zero-order valence-electron chi connectivity index (χ0n) is 14.1. The Balaban J connectivity index is 1.52. The van der Waals surface area contributed by atoms with E-state index in [9.17, 15) is 0 Å². The number of piperazine rings is 1. The Bertz CT molecular complexity index is 577. The van der Waals surface area contributed by atoms with Crippen molar-refractivity contribution in [2.24, 2.45) is 0 Å². The molecular formula is C16H26N6. The molecule has 120 valence electrons. The van der Waals surface area contributed by atoms with E-state index in [4.69, 9.17) is 0 Å². The maximum absolute atomic E-state index is 4.55. The first kappa shape index (κ1) is 15.2. The van der Waals surface area contributed by atoms with Crippen LogP contribution in [0.3, 0.4) is 0 Å². The van der Waals surface area contributed by atoms with E-state index >= 15 is 0 Å². The molecule has 0 aliphatic carbocycles. The summed E-state index contributed by atoms with van der Waals surface area (Å²) in [6.45, 7) is 14.5. The largest absolute Gasteiger partial charge is 0.282 e. The minimum atomic E-state index is 0.896. The summed E-state index contributed by atoms with van der Waals surface area (Å²) in [6, 6.07) is 4.28. The van der Waals surface area contributed by atoms with Crippen LogP contribution < -0.4 is 0 Å². The molecule has 0 unspecified atom stereocenters. The Labute approximate surface area is 132 Å². The SMILES string of the molecule is Cc1cc(C)n(CN2CCN(Cn3nc(C)cc3C)CC2)n1. The topological polar surface area (TPSA) is 42.1 Å². The van der Waals surface area contributed by atoms with E-state index in [0.717, 1.165) is 50.9 Å². The van der Waals surface area contributed by atoms with Crippen LogP contribution in [-0.4, -0.2) is 55.5 Å². The minimum absolute atomic E-state index is 0.896. The molecule has 1 aliphatic rings. The second kappa shape index (κ2) is 6.22. The molecule has 1 fully saturated rings. The van der Waals surface area contributed by atoms with Crippen LogP contribution in [0.2, 0.25) is 0 Å². The van der Waals surface area contributed by atoms with Crippen LogP contribution in [0.1, 0.15) is 22.8 Å². The number of hydrogen-bond acceptors (Lipinski definition) is 4. The van der Waals surface area contributed by atoms with Crippen molar-refractivity contribution in [3.8, 4) is 0 Å². The van der Waals surface area contributed by atoms with E-state index in [0.29, 0.717) is 0 Å². The molecular weight excluding hydrogens is 276 g/mol. The molecule has 0 atom stereocenters. The van der Waals surface area contributed by atoms with Crippen molar-refractivity contribution < 1.29 is 0 Å². The molecule has 0 saturated carbocycles. The first-order valence-corrected chi connectivity index (χ1v) is 7.98. The highest BCUT2D eigenvalue weighted by atomic mass is 15.4. The fraction of sp³-hybridized carbons (Fsp3) is 0.625. The summed E-state index contributed by atoms with van der Waals surface area (Å²) in [5, 5.41) is 9.11. The summed E-state index contributed by atoms with van der Waals surface area (Å²) in [5.41, 5.74) is 4.67. The summed E-state index contributed by atoms with van der Waals surface area (Å²) in [6.07, 6.45) is 0. The molecule has 0 aromatic carbocycles. The smallest absolute Gasteiger partial charge is 0.0932 e. The van der Waals surface area contributed by atoms with Gasteiger partial charge < -0.3 is 0 Å². The highest BCUT2D eigenvalue weighted by Crippen LogP contribution is 2.09. The van der Waals surface area contributed by atoms with Crippen LogP contribution in [0.4, 0.5) is 0 Å². The van der Waals surface area contributed by atoms with E-state index in [1.807, 2.05) is 0 Å². The fourth-order valence-corrected chi connectivity index (χ4v) is 3.09. The van der Waals surface area contributed by atoms with Crippen LogP contribution in [0.15, 0.2) is 12.1 Å². The van der Waals surface area contributed by atoms with Crippen LogP contribution >= 0.6 is 0 Å². The van der Waals surface area contributed by atoms with Gasteiger partial charge in [-0.3, -0.25) is 19.2 Å². The fourth-order valence-electron chi connectivity index (χ4n) is 3.09. The van der Waals surface area contributed by atoms with Gasteiger partial charge in [-0.2, -0.15) is 10.2 Å². The molecule has 3 heterocycles. The average Bonchev–Trinajstić information content (AvgIpc) is 2.94. The van der Waals surface area contributed by atoms with Gasteiger partial charge >= 0.3 is 0 Å². The lowest BCUT2D eigenvalue weighted by Crippen LogP contribution is -2.47. The van der Waals surface area contributed by atoms with Gasteiger partial charge in [-0.15, -0.1) is 0 Å². The monoisotopic (exact) mass is 302 g/mol. The van der Waals surface area contributed by atoms with Crippen LogP contribution in [-0.2, 0) is 13.3 Å². The number of aryl methyl sites for hydroxylation is 4. The molecule has 0 bridgehead atoms. The molecule has 3 rings (SSSR count). The first-order chi connectivity index (χ1) is 10.5. The summed E-state index contributed by atoms with van der Waals surface area (Å²) in [7, 11) is 0. The average molecular weight is 302 g/mol. The van der Waals surface area contributed by atoms with E-state index in [1.54, 1.807) is 0 Å². The highest BCUT2D eigenvalue weighted by molar-refractivity contribution is 5.07. The molecule has 2 aromatic rings. The van der Waals surface area contributed by atoms with Crippen LogP contribution in [0, 0.1) is 27.7 Å². The second-order valence-electron chi connectivity index (χ2n) is 6.37. The van der Waals surface area contributed by atoms with E-state index < -0.39 is 0 Å². The molecule has 0 N–H and O–H groups in total. The maximum atomic E-state index is 4.55. The lowest BCUT2D eigenvalue weighted by atomic mass is 10.3. The summed E-state index contributed by atoms with van der Waals surface area (Å²) >= 11 is 0. The highest BCUT2D eigenvalue weighted by Gasteiger charge is 2.18. The van der Waals surface area contributed by atoms with Crippen LogP contribution in [0.25, 0.3) is 0 Å². The predicted molar refractivity (Wildman–Crippen MR) is 86.5 cm³/mol. The van der Waals surface area contributed by atoms with Gasteiger partial charge in [0.15, 0.2) is 0 Å². The summed E-state index contributed by atoms with van der Waals surface area (Å²) in [4.78, 5) is 4.94. The third-order valence-corrected chi connectivity index (χ3v) is 4.34. The lowest BCUT2D eigenvalue weighted by molar-refractivity contribution is 0.0792. The second-order valence-corrected chi connectivity index (χ2v) is 6.37. The third kappa shape index (κ3) is 3.39. The Morgan fingerprint density at radius 2 is 1.09 bits per heavy atom. The Hall–Kier alpha value is -1.66. The molecule has 1 aliphatic heterocycles. The standard InChI is InChI=1S/C16H26N6/c1-13-9-15(3)21(17-13)11-19-5-7-20(8-6-19)12-22-16(4)10-14(2)18-22/h9-10H,5-8,11-12H2,1-4H3. The molecule has 0 amide bonds. The number of rotatable bonds is 4. The number of hydrogen-bond donors (Lipinski definition) is 0. The van der Waals surface area contributed by atoms with E-state index in [-0.39, 0.29) is 0 Å². The molecule has 6 nitrogen and oxygen atoms in total. The summed E-state index contributed by atoms with van der Waals surface area (Å²) < 4.78 is 4.21. The number of nitrogens with zero attached hydrogens (tertiary/aromatic N) is 6. The van der Waals surface area contributed by atoms with Crippen molar-refractivity contribution in [2.75, 3.05) is 26.2 Å². The van der Waals surface area contributed by atoms with Gasteiger partial charge in [-0.25, -0.2) is 0 Å². The van der Waals surface area contributed by atoms with Gasteiger partial charge in [0.1, 0.15) is 0 Å². The quantitative estimate of drug-likeness (QED) is 0.859. The lowest BCUT2D eigenvalue weighted by Gasteiger charge is -2.34. The first-order valence-electron chi connectivity index (χ1n) is 7.98. The van der Waals surface area contributed by atoms with Crippen LogP contribution in [0.5, 0.6) is 0 Å². The molecule has 2 aromatic heterocycles. The van der Waals surface area contributed by atoms with Gasteiger partial charge in [-0.1, -0.05) is 0 Å². The Morgan fingerprint density at radius 3 is 1.36 bits per heavy atom. The van der Waals surface area contributed by atoms with Crippen molar-refractivity contribution >= 4 is 0 Å². The molecule has 1 saturated heterocycles. The van der Waals surface area contributed by atoms with Gasteiger partial charge in [-0.05, 0) is 39.8 Å². The molecule has 0 spiro atoms. The Morgan fingerprint density at radius 1 is 0.727 bits per heavy atom. The van der Waals surface area contributed by atoms with Crippen molar-refractivity contribution in [2.45, 2.75) is 41.0 Å². The Kier molecular flexibility index (Phi) is 4.31. The summed E-state index contributed by atoms with van der Waals surface area (Å²) in [5.74, 6) is 0. The zero-order valence-corrected chi connectivity index (χ0v) is 14.1. The van der Waals surface area contributed by atoms with Gasteiger partial charge in [0.25, 0.3) is 0 Å². The number of aromatic nitrogens is 4. The predicted octanol–water partition coefficient (Wildman–Crippen LogP) is 1.55. The zero-order chi connectivity index (χ0) is 15.7. The molecule has 6 heteroatoms. The minimum Gasteiger partial charge on any atom is -0.282 e. The van der Waals surface area contributed by atoms with Gasteiger partial charge in [0.05, 0.1) is 24.7 Å². The van der Waals surface area contributed by atoms with E-state index in [2.05, 4.69) is 69.2 Å². The van der Waals surface area contributed by atoms with Crippen molar-refractivity contribution in [1.29, 1.82) is 0 Å². The van der Waals surface area contributed by atoms with Gasteiger partial charge in [0.2, 0.25) is 0 Å². The third-order valence-electron chi connectivity index (χ3n) is 4.34. The normalized spacial score (nSPS) is 17.3. The molecule has 0 radical (unpaired) electrons. The van der Waals surface area contributed by atoms with Gasteiger partial charge in [0, 0.05) is 37.6 Å². The van der Waals surface area contributed by atoms with Crippen molar-refractivity contribution in [1.82, 2.24) is 29.4 Å². The molecule has 22 heavy (non-hydrogen) atoms. The van der Waals surface area contributed by atoms with E-state index in [1.165, 1.54) is 11.4 Å². The maximum Gasteiger partial charge on any atom is 0.0932 e. The van der Waals surface area contributed by atoms with Crippen molar-refractivity contribution in [3.63, 3.8) is 0 Å². The van der Waals surface area contributed by atoms with Crippen molar-refractivity contribution in [3.05, 3.63) is 34.9 Å².